The van der Waals surface area contributed by atoms with E-state index in [1.807, 2.05) is 12.1 Å². The number of nitrogens with zero attached hydrogens (tertiary/aromatic N) is 3. The summed E-state index contributed by atoms with van der Waals surface area (Å²) >= 11 is 3.53. The Morgan fingerprint density at radius 1 is 1.07 bits per heavy atom. The van der Waals surface area contributed by atoms with Gasteiger partial charge in [0.15, 0.2) is 0 Å². The fraction of sp³-hybridized carbons (Fsp3) is 0.391. The number of hydrogen-bond donors (Lipinski definition) is 1. The summed E-state index contributed by atoms with van der Waals surface area (Å²) in [6, 6.07) is 13.9. The lowest BCUT2D eigenvalue weighted by molar-refractivity contribution is 0.0935. The first kappa shape index (κ1) is 20.9. The van der Waals surface area contributed by atoms with E-state index in [1.54, 1.807) is 35.4 Å². The van der Waals surface area contributed by atoms with Gasteiger partial charge in [-0.2, -0.15) is 0 Å². The molecular formula is C23H27BrN4O2. The van der Waals surface area contributed by atoms with Crippen molar-refractivity contribution >= 4 is 32.9 Å². The quantitative estimate of drug-likeness (QED) is 0.622. The van der Waals surface area contributed by atoms with Gasteiger partial charge in [-0.15, -0.1) is 0 Å². The molecule has 1 amide bonds. The average molecular weight is 471 g/mol. The number of carbonyl (C=O) groups is 1. The number of amides is 1. The first-order valence-electron chi connectivity index (χ1n) is 10.3. The van der Waals surface area contributed by atoms with Crippen molar-refractivity contribution in [3.8, 4) is 0 Å². The molecule has 0 unspecified atom stereocenters. The van der Waals surface area contributed by atoms with Crippen molar-refractivity contribution < 1.29 is 4.79 Å². The highest BCUT2D eigenvalue weighted by Crippen LogP contribution is 2.20. The molecule has 1 saturated heterocycles. The number of imidazole rings is 1. The smallest absolute Gasteiger partial charge is 0.328 e. The van der Waals surface area contributed by atoms with Crippen molar-refractivity contribution in [1.29, 1.82) is 0 Å². The molecule has 1 N–H and O–H groups in total. The van der Waals surface area contributed by atoms with E-state index in [2.05, 4.69) is 44.3 Å². The lowest BCUT2D eigenvalue weighted by Crippen LogP contribution is -2.38. The number of piperidine rings is 1. The van der Waals surface area contributed by atoms with Crippen molar-refractivity contribution in [2.24, 2.45) is 20.0 Å². The normalized spacial score (nSPS) is 15.6. The molecule has 0 radical (unpaired) electrons. The van der Waals surface area contributed by atoms with Gasteiger partial charge in [0.05, 0.1) is 11.0 Å². The molecule has 1 aromatic heterocycles. The summed E-state index contributed by atoms with van der Waals surface area (Å²) in [4.78, 5) is 27.2. The van der Waals surface area contributed by atoms with Crippen molar-refractivity contribution in [3.05, 3.63) is 68.5 Å². The summed E-state index contributed by atoms with van der Waals surface area (Å²) in [6.07, 6.45) is 2.17. The number of aromatic nitrogens is 2. The van der Waals surface area contributed by atoms with E-state index < -0.39 is 0 Å². The van der Waals surface area contributed by atoms with Gasteiger partial charge in [-0.3, -0.25) is 18.8 Å². The topological polar surface area (TPSA) is 59.3 Å². The monoisotopic (exact) mass is 470 g/mol. The van der Waals surface area contributed by atoms with E-state index in [0.29, 0.717) is 18.0 Å². The Labute approximate surface area is 184 Å². The van der Waals surface area contributed by atoms with Crippen molar-refractivity contribution in [2.75, 3.05) is 19.6 Å². The van der Waals surface area contributed by atoms with Crippen LogP contribution < -0.4 is 11.0 Å². The first-order valence-corrected chi connectivity index (χ1v) is 11.1. The predicted octanol–water partition coefficient (Wildman–Crippen LogP) is 3.28. The van der Waals surface area contributed by atoms with Gasteiger partial charge in [0.2, 0.25) is 0 Å². The van der Waals surface area contributed by atoms with Gasteiger partial charge < -0.3 is 5.32 Å². The maximum absolute atomic E-state index is 12.7. The second-order valence-electron chi connectivity index (χ2n) is 8.16. The SMILES string of the molecule is Cn1c(=O)n(C)c2cc(C(=O)NCC3CCN(Cc4cccc(Br)c4)CC3)ccc21. The third-order valence-corrected chi connectivity index (χ3v) is 6.58. The van der Waals surface area contributed by atoms with Crippen molar-refractivity contribution in [2.45, 2.75) is 19.4 Å². The second-order valence-corrected chi connectivity index (χ2v) is 9.08. The van der Waals surface area contributed by atoms with Gasteiger partial charge in [0, 0.05) is 37.2 Å². The van der Waals surface area contributed by atoms with Gasteiger partial charge in [-0.25, -0.2) is 4.79 Å². The molecule has 6 nitrogen and oxygen atoms in total. The number of hydrogen-bond acceptors (Lipinski definition) is 3. The number of nitrogens with one attached hydrogen (secondary N) is 1. The summed E-state index contributed by atoms with van der Waals surface area (Å²) in [5.74, 6) is 0.419. The minimum Gasteiger partial charge on any atom is -0.352 e. The molecule has 2 heterocycles. The van der Waals surface area contributed by atoms with E-state index in [1.165, 1.54) is 5.56 Å². The summed E-state index contributed by atoms with van der Waals surface area (Å²) < 4.78 is 4.29. The van der Waals surface area contributed by atoms with Gasteiger partial charge in [0.1, 0.15) is 0 Å². The van der Waals surface area contributed by atoms with E-state index in [0.717, 1.165) is 48.0 Å². The molecule has 0 saturated carbocycles. The lowest BCUT2D eigenvalue weighted by atomic mass is 9.96. The third kappa shape index (κ3) is 4.37. The molecule has 4 rings (SSSR count). The lowest BCUT2D eigenvalue weighted by Gasteiger charge is -2.32. The molecule has 1 aliphatic rings. The molecule has 7 heteroatoms. The summed E-state index contributed by atoms with van der Waals surface area (Å²) in [5, 5.41) is 3.09. The van der Waals surface area contributed by atoms with E-state index in [-0.39, 0.29) is 11.6 Å². The Bertz CT molecular complexity index is 1130. The summed E-state index contributed by atoms with van der Waals surface area (Å²) in [6.45, 7) is 3.75. The Morgan fingerprint density at radius 3 is 2.53 bits per heavy atom. The number of benzene rings is 2. The second kappa shape index (κ2) is 8.78. The maximum Gasteiger partial charge on any atom is 0.328 e. The van der Waals surface area contributed by atoms with Crippen LogP contribution in [-0.2, 0) is 20.6 Å². The zero-order valence-corrected chi connectivity index (χ0v) is 19.0. The Balaban J connectivity index is 1.30. The zero-order chi connectivity index (χ0) is 21.3. The predicted molar refractivity (Wildman–Crippen MR) is 123 cm³/mol. The fourth-order valence-electron chi connectivity index (χ4n) is 4.23. The minimum atomic E-state index is -0.0859. The van der Waals surface area contributed by atoms with E-state index in [4.69, 9.17) is 0 Å². The summed E-state index contributed by atoms with van der Waals surface area (Å²) in [7, 11) is 3.47. The molecule has 158 valence electrons. The number of aryl methyl sites for hydroxylation is 2. The van der Waals surface area contributed by atoms with Crippen LogP contribution in [0.3, 0.4) is 0 Å². The van der Waals surface area contributed by atoms with Crippen molar-refractivity contribution in [1.82, 2.24) is 19.4 Å². The molecule has 1 fully saturated rings. The Hall–Kier alpha value is -2.38. The molecule has 1 aliphatic heterocycles. The number of likely N-dealkylation sites (tertiary alicyclic amines) is 1. The maximum atomic E-state index is 12.7. The summed E-state index contributed by atoms with van der Waals surface area (Å²) in [5.41, 5.74) is 3.43. The number of rotatable bonds is 5. The fourth-order valence-corrected chi connectivity index (χ4v) is 4.68. The van der Waals surface area contributed by atoms with Crippen LogP contribution in [0, 0.1) is 5.92 Å². The molecule has 0 aliphatic carbocycles. The van der Waals surface area contributed by atoms with Crippen LogP contribution >= 0.6 is 15.9 Å². The van der Waals surface area contributed by atoms with Crippen LogP contribution in [0.25, 0.3) is 11.0 Å². The largest absolute Gasteiger partial charge is 0.352 e. The molecule has 3 aromatic rings. The van der Waals surface area contributed by atoms with Crippen LogP contribution in [0.4, 0.5) is 0 Å². The highest BCUT2D eigenvalue weighted by molar-refractivity contribution is 9.10. The number of carbonyl (C=O) groups excluding carboxylic acids is 1. The minimum absolute atomic E-state index is 0.0789. The van der Waals surface area contributed by atoms with Gasteiger partial charge in [-0.05, 0) is 67.7 Å². The highest BCUT2D eigenvalue weighted by Gasteiger charge is 2.20. The zero-order valence-electron chi connectivity index (χ0n) is 17.4. The van der Waals surface area contributed by atoms with Crippen LogP contribution in [-0.4, -0.2) is 39.6 Å². The molecular weight excluding hydrogens is 444 g/mol. The third-order valence-electron chi connectivity index (χ3n) is 6.09. The number of halogens is 1. The highest BCUT2D eigenvalue weighted by atomic mass is 79.9. The van der Waals surface area contributed by atoms with Crippen LogP contribution in [0.2, 0.25) is 0 Å². The van der Waals surface area contributed by atoms with Gasteiger partial charge in [0.25, 0.3) is 5.91 Å². The molecule has 30 heavy (non-hydrogen) atoms. The number of fused-ring (bicyclic) bond motifs is 1. The molecule has 2 aromatic carbocycles. The first-order chi connectivity index (χ1) is 14.4. The molecule has 0 atom stereocenters. The van der Waals surface area contributed by atoms with Gasteiger partial charge in [-0.1, -0.05) is 28.1 Å². The van der Waals surface area contributed by atoms with E-state index >= 15 is 0 Å². The molecule has 0 bridgehead atoms. The van der Waals surface area contributed by atoms with E-state index in [9.17, 15) is 9.59 Å². The standard InChI is InChI=1S/C23H27BrN4O2/c1-26-20-7-6-18(13-21(20)27(2)23(26)30)22(29)25-14-16-8-10-28(11-9-16)15-17-4-3-5-19(24)12-17/h3-7,12-13,16H,8-11,14-15H2,1-2H3,(H,25,29). The van der Waals surface area contributed by atoms with Crippen molar-refractivity contribution in [3.63, 3.8) is 0 Å². The van der Waals surface area contributed by atoms with Crippen LogP contribution in [0.5, 0.6) is 0 Å². The van der Waals surface area contributed by atoms with Gasteiger partial charge >= 0.3 is 5.69 Å². The Morgan fingerprint density at radius 2 is 1.80 bits per heavy atom. The van der Waals surface area contributed by atoms with Crippen LogP contribution in [0.1, 0.15) is 28.8 Å². The average Bonchev–Trinajstić information content (AvgIpc) is 2.97. The van der Waals surface area contributed by atoms with Crippen LogP contribution in [0.15, 0.2) is 51.7 Å². The Kier molecular flexibility index (Phi) is 6.11. The molecule has 0 spiro atoms.